The molecule has 0 aromatic rings. The van der Waals surface area contributed by atoms with Gasteiger partial charge in [-0.25, -0.2) is 0 Å². The molecule has 3 atom stereocenters. The van der Waals surface area contributed by atoms with Crippen molar-refractivity contribution in [1.29, 1.82) is 0 Å². The molecular formula is C27H66O4P3Sn2. The average Bonchev–Trinajstić information content (AvgIpc) is 2.90. The fourth-order valence-corrected chi connectivity index (χ4v) is 11.4. The standard InChI is InChI=1S/3C8H19P.3CH3O.O.2Sn/c3*1-2-3-4-5-6-7-8-9;3*1-2;;;/h3*2-9H2,1H3;3*1H3;;;/q;;;3*-1;;+1;+2. The van der Waals surface area contributed by atoms with Crippen LogP contribution in [0.4, 0.5) is 0 Å². The van der Waals surface area contributed by atoms with Crippen LogP contribution in [0.3, 0.4) is 0 Å². The topological polar surface area (TPSA) is 36.9 Å². The van der Waals surface area contributed by atoms with Crippen LogP contribution in [0.25, 0.3) is 0 Å². The van der Waals surface area contributed by atoms with Crippen LogP contribution in [0.15, 0.2) is 0 Å². The molecule has 0 aliphatic rings. The van der Waals surface area contributed by atoms with Gasteiger partial charge in [-0.15, -0.1) is 27.7 Å². The first-order valence-corrected chi connectivity index (χ1v) is 22.9. The van der Waals surface area contributed by atoms with Gasteiger partial charge in [0.05, 0.1) is 0 Å². The first kappa shape index (κ1) is 45.7. The Bertz CT molecular complexity index is 269. The molecule has 4 nitrogen and oxygen atoms in total. The second-order valence-electron chi connectivity index (χ2n) is 8.72. The van der Waals surface area contributed by atoms with Gasteiger partial charge in [-0.3, -0.25) is 0 Å². The van der Waals surface area contributed by atoms with Crippen molar-refractivity contribution in [2.24, 2.45) is 0 Å². The summed E-state index contributed by atoms with van der Waals surface area (Å²) in [5, 5.41) is 0. The molecule has 9 heteroatoms. The first-order valence-electron chi connectivity index (χ1n) is 14.6. The zero-order valence-electron chi connectivity index (χ0n) is 25.2. The van der Waals surface area contributed by atoms with Gasteiger partial charge in [-0.1, -0.05) is 117 Å². The summed E-state index contributed by atoms with van der Waals surface area (Å²) in [5.41, 5.74) is 0. The maximum absolute atomic E-state index is 5.19. The SMILES string of the molecule is CCCCCCCCP.CCCCCCCCP.CCCCCCCCP.C[O][Sn][O][Sn]([O]C)[O]C. The zero-order valence-corrected chi connectivity index (χ0v) is 34.4. The van der Waals surface area contributed by atoms with Crippen LogP contribution in [0.1, 0.15) is 136 Å². The molecule has 0 amide bonds. The molecule has 0 aliphatic heterocycles. The molecule has 0 N–H and O–H groups in total. The molecule has 3 unspecified atom stereocenters. The summed E-state index contributed by atoms with van der Waals surface area (Å²) in [6, 6.07) is 0. The summed E-state index contributed by atoms with van der Waals surface area (Å²) in [6.45, 7) is 6.78. The number of unbranched alkanes of at least 4 members (excludes halogenated alkanes) is 15. The van der Waals surface area contributed by atoms with E-state index in [1.54, 1.807) is 21.3 Å². The molecule has 3 radical (unpaired) electrons. The predicted molar refractivity (Wildman–Crippen MR) is 177 cm³/mol. The summed E-state index contributed by atoms with van der Waals surface area (Å²) in [6.07, 6.45) is 29.4. The van der Waals surface area contributed by atoms with E-state index in [-0.39, 0.29) is 0 Å². The summed E-state index contributed by atoms with van der Waals surface area (Å²) < 4.78 is 19.8. The molecular weight excluding hydrogens is 719 g/mol. The van der Waals surface area contributed by atoms with Crippen LogP contribution in [0.2, 0.25) is 0 Å². The van der Waals surface area contributed by atoms with Crippen molar-refractivity contribution in [1.82, 2.24) is 0 Å². The van der Waals surface area contributed by atoms with E-state index in [0.717, 1.165) is 0 Å². The van der Waals surface area contributed by atoms with E-state index in [4.69, 9.17) is 10.6 Å². The van der Waals surface area contributed by atoms with E-state index in [1.807, 2.05) is 0 Å². The van der Waals surface area contributed by atoms with E-state index < -0.39 is 43.0 Å². The minimum absolute atomic E-state index is 1.05. The van der Waals surface area contributed by atoms with E-state index in [1.165, 1.54) is 134 Å². The van der Waals surface area contributed by atoms with Crippen molar-refractivity contribution in [3.05, 3.63) is 0 Å². The Hall–Kier alpha value is 2.73. The quantitative estimate of drug-likeness (QED) is 0.0589. The molecule has 0 fully saturated rings. The van der Waals surface area contributed by atoms with Crippen LogP contribution in [-0.4, -0.2) is 82.8 Å². The molecule has 0 aromatic heterocycles. The second-order valence-corrected chi connectivity index (χ2v) is 20.3. The van der Waals surface area contributed by atoms with Gasteiger partial charge < -0.3 is 0 Å². The van der Waals surface area contributed by atoms with Crippen molar-refractivity contribution < 1.29 is 10.6 Å². The monoisotopic (exact) mass is 787 g/mol. The molecule has 0 saturated carbocycles. The molecule has 0 bridgehead atoms. The average molecular weight is 785 g/mol. The third kappa shape index (κ3) is 56.8. The van der Waals surface area contributed by atoms with E-state index >= 15 is 0 Å². The van der Waals surface area contributed by atoms with Crippen molar-refractivity contribution in [2.45, 2.75) is 136 Å². The molecule has 0 rings (SSSR count). The van der Waals surface area contributed by atoms with Gasteiger partial charge in [0.25, 0.3) is 0 Å². The van der Waals surface area contributed by atoms with Gasteiger partial charge in [-0.2, -0.15) is 0 Å². The van der Waals surface area contributed by atoms with E-state index in [9.17, 15) is 0 Å². The molecule has 221 valence electrons. The fourth-order valence-electron chi connectivity index (χ4n) is 3.02. The summed E-state index contributed by atoms with van der Waals surface area (Å²) in [4.78, 5) is 0. The van der Waals surface area contributed by atoms with Crippen molar-refractivity contribution in [3.8, 4) is 0 Å². The van der Waals surface area contributed by atoms with E-state index in [2.05, 4.69) is 48.5 Å². The van der Waals surface area contributed by atoms with Gasteiger partial charge >= 0.3 is 74.9 Å². The Morgan fingerprint density at radius 3 is 0.972 bits per heavy atom. The van der Waals surface area contributed by atoms with Gasteiger partial charge in [0.15, 0.2) is 0 Å². The normalized spacial score (nSPS) is 10.2. The molecule has 0 spiro atoms. The summed E-state index contributed by atoms with van der Waals surface area (Å²) in [5.74, 6) is 0. The summed E-state index contributed by atoms with van der Waals surface area (Å²) >= 11 is -3.31. The Labute approximate surface area is 255 Å². The maximum atomic E-state index is 5.19. The van der Waals surface area contributed by atoms with Crippen LogP contribution < -0.4 is 0 Å². The number of hydrogen-bond donors (Lipinski definition) is 0. The molecule has 36 heavy (non-hydrogen) atoms. The number of hydrogen-bond acceptors (Lipinski definition) is 4. The van der Waals surface area contributed by atoms with Crippen LogP contribution >= 0.6 is 27.7 Å². The Balaban J connectivity index is -0.000000190. The first-order chi connectivity index (χ1) is 17.6. The van der Waals surface area contributed by atoms with Gasteiger partial charge in [0, 0.05) is 0 Å². The van der Waals surface area contributed by atoms with Crippen LogP contribution in [0, 0.1) is 0 Å². The van der Waals surface area contributed by atoms with Gasteiger partial charge in [-0.05, 0) is 37.7 Å². The predicted octanol–water partition coefficient (Wildman–Crippen LogP) is 9.13. The Morgan fingerprint density at radius 2 is 0.750 bits per heavy atom. The second kappa shape index (κ2) is 50.6. The molecule has 0 heterocycles. The summed E-state index contributed by atoms with van der Waals surface area (Å²) in [7, 11) is 13.2. The number of rotatable bonds is 23. The molecule has 0 aromatic carbocycles. The Kier molecular flexibility index (Phi) is 64.2. The van der Waals surface area contributed by atoms with Crippen molar-refractivity contribution in [3.63, 3.8) is 0 Å². The van der Waals surface area contributed by atoms with Crippen molar-refractivity contribution in [2.75, 3.05) is 39.8 Å². The Morgan fingerprint density at radius 1 is 0.472 bits per heavy atom. The minimum atomic E-state index is -2.26. The van der Waals surface area contributed by atoms with Crippen molar-refractivity contribution >= 4 is 70.7 Å². The van der Waals surface area contributed by atoms with Gasteiger partial charge in [0.1, 0.15) is 0 Å². The van der Waals surface area contributed by atoms with Crippen LogP contribution in [-0.2, 0) is 10.6 Å². The zero-order chi connectivity index (χ0) is 28.0. The van der Waals surface area contributed by atoms with E-state index in [0.29, 0.717) is 0 Å². The van der Waals surface area contributed by atoms with Gasteiger partial charge in [0.2, 0.25) is 0 Å². The molecule has 0 saturated heterocycles. The third-order valence-corrected chi connectivity index (χ3v) is 14.3. The third-order valence-electron chi connectivity index (χ3n) is 5.21. The van der Waals surface area contributed by atoms with Crippen LogP contribution in [0.5, 0.6) is 0 Å². The molecule has 0 aliphatic carbocycles. The fraction of sp³-hybridized carbons (Fsp3) is 1.00.